The molecule has 0 radical (unpaired) electrons. The van der Waals surface area contributed by atoms with Gasteiger partial charge in [0.05, 0.1) is 5.56 Å². The quantitative estimate of drug-likeness (QED) is 0.815. The molecule has 6 heteroatoms. The first-order chi connectivity index (χ1) is 11.0. The van der Waals surface area contributed by atoms with E-state index in [4.69, 9.17) is 4.74 Å². The molecule has 3 amide bonds. The number of carbonyl (C=O) groups excluding carboxylic acids is 3. The third-order valence-electron chi connectivity index (χ3n) is 3.76. The highest BCUT2D eigenvalue weighted by Gasteiger charge is 2.31. The first-order valence-electron chi connectivity index (χ1n) is 7.92. The van der Waals surface area contributed by atoms with E-state index in [-0.39, 0.29) is 0 Å². The molecule has 1 aliphatic heterocycles. The number of imide groups is 1. The highest BCUT2D eigenvalue weighted by Crippen LogP contribution is 2.11. The molecule has 2 rings (SSSR count). The van der Waals surface area contributed by atoms with Crippen LogP contribution in [-0.2, 0) is 16.0 Å². The summed E-state index contributed by atoms with van der Waals surface area (Å²) in [6.45, 7) is 4.32. The van der Waals surface area contributed by atoms with Crippen molar-refractivity contribution in [3.63, 3.8) is 0 Å². The molecule has 124 valence electrons. The Bertz CT molecular complexity index is 583. The molecular weight excluding hydrogens is 296 g/mol. The van der Waals surface area contributed by atoms with Gasteiger partial charge in [0.15, 0.2) is 6.10 Å². The van der Waals surface area contributed by atoms with Gasteiger partial charge in [0, 0.05) is 13.1 Å². The summed E-state index contributed by atoms with van der Waals surface area (Å²) in [4.78, 5) is 36.7. The molecule has 1 heterocycles. The molecule has 0 bridgehead atoms. The highest BCUT2D eigenvalue weighted by atomic mass is 16.5. The maximum Gasteiger partial charge on any atom is 0.338 e. The Morgan fingerprint density at radius 3 is 2.57 bits per heavy atom. The minimum absolute atomic E-state index is 0.297. The van der Waals surface area contributed by atoms with Crippen LogP contribution in [0.2, 0.25) is 0 Å². The fourth-order valence-corrected chi connectivity index (χ4v) is 2.37. The van der Waals surface area contributed by atoms with E-state index in [0.717, 1.165) is 24.2 Å². The van der Waals surface area contributed by atoms with Crippen molar-refractivity contribution in [1.82, 2.24) is 10.2 Å². The molecule has 6 nitrogen and oxygen atoms in total. The van der Waals surface area contributed by atoms with Crippen LogP contribution in [0.15, 0.2) is 24.3 Å². The summed E-state index contributed by atoms with van der Waals surface area (Å²) in [6.07, 6.45) is 2.21. The molecular formula is C17H22N2O4. The molecule has 0 aromatic heterocycles. The molecule has 0 saturated carbocycles. The van der Waals surface area contributed by atoms with E-state index in [2.05, 4.69) is 12.2 Å². The third kappa shape index (κ3) is 4.31. The van der Waals surface area contributed by atoms with Gasteiger partial charge in [0.1, 0.15) is 0 Å². The lowest BCUT2D eigenvalue weighted by atomic mass is 10.1. The van der Waals surface area contributed by atoms with Gasteiger partial charge >= 0.3 is 12.0 Å². The number of unbranched alkanes of at least 4 members (excludes halogenated alkanes) is 1. The average Bonchev–Trinajstić information content (AvgIpc) is 2.98. The standard InChI is InChI=1S/C17H22N2O4/c1-3-4-5-13-6-8-14(9-7-13)16(21)23-12(2)15(20)19-11-10-18-17(19)22/h6-9,12H,3-5,10-11H2,1-2H3,(H,18,22)/t12-/m0/s1. The van der Waals surface area contributed by atoms with Gasteiger partial charge in [-0.2, -0.15) is 0 Å². The number of ether oxygens (including phenoxy) is 1. The number of nitrogens with zero attached hydrogens (tertiary/aromatic N) is 1. The normalized spacial score (nSPS) is 15.2. The van der Waals surface area contributed by atoms with Crippen molar-refractivity contribution >= 4 is 17.9 Å². The molecule has 1 atom stereocenters. The van der Waals surface area contributed by atoms with Crippen LogP contribution >= 0.6 is 0 Å². The van der Waals surface area contributed by atoms with E-state index in [0.29, 0.717) is 18.7 Å². The number of benzene rings is 1. The Morgan fingerprint density at radius 2 is 2.00 bits per heavy atom. The van der Waals surface area contributed by atoms with Crippen molar-refractivity contribution in [2.24, 2.45) is 0 Å². The maximum atomic E-state index is 12.1. The lowest BCUT2D eigenvalue weighted by molar-refractivity contribution is -0.136. The van der Waals surface area contributed by atoms with Gasteiger partial charge in [-0.1, -0.05) is 25.5 Å². The van der Waals surface area contributed by atoms with Crippen molar-refractivity contribution in [3.05, 3.63) is 35.4 Å². The molecule has 1 N–H and O–H groups in total. The number of hydrogen-bond donors (Lipinski definition) is 1. The van der Waals surface area contributed by atoms with Crippen molar-refractivity contribution < 1.29 is 19.1 Å². The zero-order valence-electron chi connectivity index (χ0n) is 13.5. The van der Waals surface area contributed by atoms with Crippen molar-refractivity contribution in [1.29, 1.82) is 0 Å². The first kappa shape index (κ1) is 17.0. The number of esters is 1. The number of hydrogen-bond acceptors (Lipinski definition) is 4. The first-order valence-corrected chi connectivity index (χ1v) is 7.92. The van der Waals surface area contributed by atoms with E-state index in [1.54, 1.807) is 12.1 Å². The zero-order chi connectivity index (χ0) is 16.8. The Labute approximate surface area is 135 Å². The van der Waals surface area contributed by atoms with Crippen molar-refractivity contribution in [2.75, 3.05) is 13.1 Å². The van der Waals surface area contributed by atoms with E-state index < -0.39 is 24.0 Å². The number of nitrogens with one attached hydrogen (secondary N) is 1. The van der Waals surface area contributed by atoms with Gasteiger partial charge in [0.2, 0.25) is 0 Å². The van der Waals surface area contributed by atoms with Gasteiger partial charge in [-0.15, -0.1) is 0 Å². The van der Waals surface area contributed by atoms with Crippen LogP contribution in [0.4, 0.5) is 4.79 Å². The predicted octanol–water partition coefficient (Wildman–Crippen LogP) is 2.13. The third-order valence-corrected chi connectivity index (χ3v) is 3.76. The molecule has 23 heavy (non-hydrogen) atoms. The molecule has 0 unspecified atom stereocenters. The van der Waals surface area contributed by atoms with E-state index >= 15 is 0 Å². The van der Waals surface area contributed by atoms with E-state index in [1.807, 2.05) is 12.1 Å². The maximum absolute atomic E-state index is 12.1. The lowest BCUT2D eigenvalue weighted by Crippen LogP contribution is -2.41. The Morgan fingerprint density at radius 1 is 1.30 bits per heavy atom. The Kier molecular flexibility index (Phi) is 5.73. The van der Waals surface area contributed by atoms with Crippen LogP contribution in [0.3, 0.4) is 0 Å². The molecule has 1 fully saturated rings. The second kappa shape index (κ2) is 7.76. The summed E-state index contributed by atoms with van der Waals surface area (Å²) in [7, 11) is 0. The van der Waals surface area contributed by atoms with Gasteiger partial charge in [-0.25, -0.2) is 9.59 Å². The largest absolute Gasteiger partial charge is 0.449 e. The fraction of sp³-hybridized carbons (Fsp3) is 0.471. The second-order valence-electron chi connectivity index (χ2n) is 5.57. The Balaban J connectivity index is 1.92. The van der Waals surface area contributed by atoms with Gasteiger partial charge in [-0.05, 0) is 37.5 Å². The smallest absolute Gasteiger partial charge is 0.338 e. The molecule has 1 aliphatic rings. The monoisotopic (exact) mass is 318 g/mol. The fourth-order valence-electron chi connectivity index (χ4n) is 2.37. The van der Waals surface area contributed by atoms with Crippen molar-refractivity contribution in [3.8, 4) is 0 Å². The zero-order valence-corrected chi connectivity index (χ0v) is 13.5. The summed E-state index contributed by atoms with van der Waals surface area (Å²) >= 11 is 0. The van der Waals surface area contributed by atoms with Crippen LogP contribution in [0.25, 0.3) is 0 Å². The number of carbonyl (C=O) groups is 3. The van der Waals surface area contributed by atoms with Gasteiger partial charge < -0.3 is 10.1 Å². The van der Waals surface area contributed by atoms with E-state index in [9.17, 15) is 14.4 Å². The summed E-state index contributed by atoms with van der Waals surface area (Å²) in [5, 5.41) is 2.54. The highest BCUT2D eigenvalue weighted by molar-refractivity contribution is 5.99. The topological polar surface area (TPSA) is 75.7 Å². The minimum atomic E-state index is -0.994. The number of aryl methyl sites for hydroxylation is 1. The van der Waals surface area contributed by atoms with E-state index in [1.165, 1.54) is 12.5 Å². The summed E-state index contributed by atoms with van der Waals surface area (Å²) in [5.41, 5.74) is 1.57. The minimum Gasteiger partial charge on any atom is -0.449 e. The van der Waals surface area contributed by atoms with Crippen LogP contribution in [0, 0.1) is 0 Å². The molecule has 1 aromatic rings. The molecule has 1 aromatic carbocycles. The summed E-state index contributed by atoms with van der Waals surface area (Å²) < 4.78 is 5.17. The summed E-state index contributed by atoms with van der Waals surface area (Å²) in [6, 6.07) is 6.75. The second-order valence-corrected chi connectivity index (χ2v) is 5.57. The predicted molar refractivity (Wildman–Crippen MR) is 85.0 cm³/mol. The SMILES string of the molecule is CCCCc1ccc(C(=O)O[C@@H](C)C(=O)N2CCNC2=O)cc1. The summed E-state index contributed by atoms with van der Waals surface area (Å²) in [5.74, 6) is -1.07. The molecule has 0 spiro atoms. The Hall–Kier alpha value is -2.37. The number of rotatable bonds is 6. The molecule has 1 saturated heterocycles. The average molecular weight is 318 g/mol. The van der Waals surface area contributed by atoms with Crippen LogP contribution in [0.1, 0.15) is 42.6 Å². The molecule has 0 aliphatic carbocycles. The number of urea groups is 1. The lowest BCUT2D eigenvalue weighted by Gasteiger charge is -2.18. The van der Waals surface area contributed by atoms with Crippen LogP contribution in [-0.4, -0.2) is 42.0 Å². The van der Waals surface area contributed by atoms with Gasteiger partial charge in [-0.3, -0.25) is 9.69 Å². The van der Waals surface area contributed by atoms with Crippen LogP contribution in [0.5, 0.6) is 0 Å². The number of amides is 3. The van der Waals surface area contributed by atoms with Gasteiger partial charge in [0.25, 0.3) is 5.91 Å². The van der Waals surface area contributed by atoms with Crippen molar-refractivity contribution in [2.45, 2.75) is 39.2 Å². The van der Waals surface area contributed by atoms with Crippen LogP contribution < -0.4 is 5.32 Å².